The molecule has 2 N–H and O–H groups in total. The molecule has 0 radical (unpaired) electrons. The number of halogens is 3. The number of carbonyl (C=O) groups excluding carboxylic acids is 1. The van der Waals surface area contributed by atoms with Crippen molar-refractivity contribution in [2.45, 2.75) is 26.4 Å². The van der Waals surface area contributed by atoms with E-state index in [2.05, 4.69) is 29.7 Å². The zero-order valence-electron chi connectivity index (χ0n) is 13.3. The molecule has 0 spiro atoms. The Morgan fingerprint density at radius 2 is 2.12 bits per heavy atom. The molecule has 1 unspecified atom stereocenters. The standard InChI is InChI=1S/C16H18F3N3O2/c1-15(2)6-10(15)7-20-12-4-3-9(5-11(12)16(17,18)19)13-8-24-14(23)22-21-13/h3-5,10,20H,6-8H2,1-2H3,(H,22,23). The predicted octanol–water partition coefficient (Wildman–Crippen LogP) is 3.61. The molecular formula is C16H18F3N3O2. The molecule has 1 aromatic rings. The summed E-state index contributed by atoms with van der Waals surface area (Å²) in [6.45, 7) is 4.55. The van der Waals surface area contributed by atoms with Gasteiger partial charge in [0.05, 0.1) is 5.56 Å². The van der Waals surface area contributed by atoms with Crippen molar-refractivity contribution in [3.63, 3.8) is 0 Å². The van der Waals surface area contributed by atoms with Crippen molar-refractivity contribution >= 4 is 17.5 Å². The van der Waals surface area contributed by atoms with Crippen LogP contribution in [-0.2, 0) is 10.9 Å². The van der Waals surface area contributed by atoms with Crippen molar-refractivity contribution in [1.29, 1.82) is 0 Å². The number of hydrazone groups is 1. The van der Waals surface area contributed by atoms with Crippen LogP contribution >= 0.6 is 0 Å². The Hall–Kier alpha value is -2.25. The number of hydrogen-bond acceptors (Lipinski definition) is 4. The number of anilines is 1. The maximum absolute atomic E-state index is 13.4. The maximum Gasteiger partial charge on any atom is 0.428 e. The summed E-state index contributed by atoms with van der Waals surface area (Å²) in [5, 5.41) is 6.65. The van der Waals surface area contributed by atoms with Crippen molar-refractivity contribution in [3.05, 3.63) is 29.3 Å². The summed E-state index contributed by atoms with van der Waals surface area (Å²) in [5.74, 6) is 0.379. The number of nitrogens with one attached hydrogen (secondary N) is 2. The minimum Gasteiger partial charge on any atom is -0.442 e. The molecule has 1 aliphatic carbocycles. The number of amides is 1. The molecule has 8 heteroatoms. The maximum atomic E-state index is 13.4. The van der Waals surface area contributed by atoms with Gasteiger partial charge in [0.1, 0.15) is 12.3 Å². The Kier molecular flexibility index (Phi) is 3.93. The molecule has 1 fully saturated rings. The number of benzene rings is 1. The molecule has 1 atom stereocenters. The summed E-state index contributed by atoms with van der Waals surface area (Å²) in [6.07, 6.45) is -4.20. The van der Waals surface area contributed by atoms with E-state index in [4.69, 9.17) is 4.74 Å². The van der Waals surface area contributed by atoms with Crippen molar-refractivity contribution in [1.82, 2.24) is 5.43 Å². The first-order valence-corrected chi connectivity index (χ1v) is 7.61. The second-order valence-electron chi connectivity index (χ2n) is 6.78. The molecule has 1 aromatic carbocycles. The number of ether oxygens (including phenoxy) is 1. The van der Waals surface area contributed by atoms with Crippen LogP contribution in [0.1, 0.15) is 31.4 Å². The Balaban J connectivity index is 1.83. The Morgan fingerprint density at radius 1 is 1.42 bits per heavy atom. The highest BCUT2D eigenvalue weighted by molar-refractivity contribution is 6.04. The van der Waals surface area contributed by atoms with Gasteiger partial charge >= 0.3 is 12.3 Å². The predicted molar refractivity (Wildman–Crippen MR) is 82.8 cm³/mol. The first-order valence-electron chi connectivity index (χ1n) is 7.61. The van der Waals surface area contributed by atoms with E-state index < -0.39 is 17.8 Å². The molecule has 1 saturated carbocycles. The molecule has 1 amide bonds. The fourth-order valence-electron chi connectivity index (χ4n) is 2.73. The Labute approximate surface area is 137 Å². The summed E-state index contributed by atoms with van der Waals surface area (Å²) in [7, 11) is 0. The summed E-state index contributed by atoms with van der Waals surface area (Å²) in [6, 6.07) is 3.96. The van der Waals surface area contributed by atoms with Gasteiger partial charge in [-0.25, -0.2) is 10.2 Å². The van der Waals surface area contributed by atoms with Crippen molar-refractivity contribution < 1.29 is 22.7 Å². The van der Waals surface area contributed by atoms with E-state index >= 15 is 0 Å². The SMILES string of the molecule is CC1(C)CC1CNc1ccc(C2=NNC(=O)OC2)cc1C(F)(F)F. The van der Waals surface area contributed by atoms with Crippen LogP contribution in [0.2, 0.25) is 0 Å². The third kappa shape index (κ3) is 3.47. The molecule has 1 heterocycles. The zero-order chi connectivity index (χ0) is 17.5. The van der Waals surface area contributed by atoms with E-state index in [1.807, 2.05) is 0 Å². The topological polar surface area (TPSA) is 62.7 Å². The second kappa shape index (κ2) is 5.68. The third-order valence-electron chi connectivity index (χ3n) is 4.54. The number of rotatable bonds is 4. The Morgan fingerprint density at radius 3 is 2.67 bits per heavy atom. The van der Waals surface area contributed by atoms with Gasteiger partial charge in [0.25, 0.3) is 0 Å². The average Bonchev–Trinajstić information content (AvgIpc) is 3.12. The molecule has 0 saturated heterocycles. The highest BCUT2D eigenvalue weighted by Gasteiger charge is 2.45. The summed E-state index contributed by atoms with van der Waals surface area (Å²) < 4.78 is 44.8. The highest BCUT2D eigenvalue weighted by Crippen LogP contribution is 2.51. The van der Waals surface area contributed by atoms with Crippen LogP contribution < -0.4 is 10.7 Å². The highest BCUT2D eigenvalue weighted by atomic mass is 19.4. The van der Waals surface area contributed by atoms with Gasteiger partial charge in [0.15, 0.2) is 0 Å². The molecule has 130 valence electrons. The average molecular weight is 341 g/mol. The van der Waals surface area contributed by atoms with Crippen molar-refractivity contribution in [2.75, 3.05) is 18.5 Å². The Bertz CT molecular complexity index is 698. The largest absolute Gasteiger partial charge is 0.442 e. The molecule has 24 heavy (non-hydrogen) atoms. The van der Waals surface area contributed by atoms with Crippen molar-refractivity contribution in [2.24, 2.45) is 16.4 Å². The zero-order valence-corrected chi connectivity index (χ0v) is 13.3. The number of carbonyl (C=O) groups is 1. The van der Waals surface area contributed by atoms with Crippen LogP contribution in [0.5, 0.6) is 0 Å². The molecular weight excluding hydrogens is 323 g/mol. The van der Waals surface area contributed by atoms with E-state index in [1.54, 1.807) is 0 Å². The molecule has 5 nitrogen and oxygen atoms in total. The summed E-state index contributed by atoms with van der Waals surface area (Å²) >= 11 is 0. The van der Waals surface area contributed by atoms with Crippen LogP contribution in [0.3, 0.4) is 0 Å². The van der Waals surface area contributed by atoms with E-state index in [0.29, 0.717) is 12.5 Å². The number of alkyl halides is 3. The molecule has 1 aliphatic heterocycles. The van der Waals surface area contributed by atoms with E-state index in [0.717, 1.165) is 12.5 Å². The lowest BCUT2D eigenvalue weighted by atomic mass is 10.0. The number of hydrogen-bond donors (Lipinski definition) is 2. The minimum atomic E-state index is -4.49. The number of nitrogens with zero attached hydrogens (tertiary/aromatic N) is 1. The lowest BCUT2D eigenvalue weighted by molar-refractivity contribution is -0.137. The smallest absolute Gasteiger partial charge is 0.428 e. The quantitative estimate of drug-likeness (QED) is 0.879. The van der Waals surface area contributed by atoms with E-state index in [9.17, 15) is 18.0 Å². The normalized spacial score (nSPS) is 22.3. The molecule has 2 aliphatic rings. The number of cyclic esters (lactones) is 1. The fraction of sp³-hybridized carbons (Fsp3) is 0.500. The van der Waals surface area contributed by atoms with Gasteiger partial charge in [-0.05, 0) is 29.9 Å². The van der Waals surface area contributed by atoms with Gasteiger partial charge < -0.3 is 10.1 Å². The monoisotopic (exact) mass is 341 g/mol. The minimum absolute atomic E-state index is 0.0512. The van der Waals surface area contributed by atoms with Gasteiger partial charge in [0, 0.05) is 17.8 Å². The fourth-order valence-corrected chi connectivity index (χ4v) is 2.73. The summed E-state index contributed by atoms with van der Waals surface area (Å²) in [4.78, 5) is 10.9. The van der Waals surface area contributed by atoms with Gasteiger partial charge in [0.2, 0.25) is 0 Å². The van der Waals surface area contributed by atoms with Crippen molar-refractivity contribution in [3.8, 4) is 0 Å². The van der Waals surface area contributed by atoms with Crippen LogP contribution in [0.4, 0.5) is 23.7 Å². The van der Waals surface area contributed by atoms with E-state index in [1.165, 1.54) is 12.1 Å². The van der Waals surface area contributed by atoms with Crippen LogP contribution in [-0.4, -0.2) is 25.0 Å². The van der Waals surface area contributed by atoms with Gasteiger partial charge in [-0.1, -0.05) is 19.9 Å². The van der Waals surface area contributed by atoms with Gasteiger partial charge in [-0.3, -0.25) is 0 Å². The lowest BCUT2D eigenvalue weighted by Crippen LogP contribution is -2.30. The molecule has 0 aromatic heterocycles. The summed E-state index contributed by atoms with van der Waals surface area (Å²) in [5.41, 5.74) is 2.09. The molecule has 3 rings (SSSR count). The second-order valence-corrected chi connectivity index (χ2v) is 6.78. The van der Waals surface area contributed by atoms with E-state index in [-0.39, 0.29) is 29.0 Å². The first kappa shape index (κ1) is 16.6. The van der Waals surface area contributed by atoms with Gasteiger partial charge in [-0.15, -0.1) is 0 Å². The first-order chi connectivity index (χ1) is 11.2. The van der Waals surface area contributed by atoms with Crippen LogP contribution in [0, 0.1) is 11.3 Å². The lowest BCUT2D eigenvalue weighted by Gasteiger charge is -2.18. The van der Waals surface area contributed by atoms with Gasteiger partial charge in [-0.2, -0.15) is 18.3 Å². The van der Waals surface area contributed by atoms with Crippen LogP contribution in [0.15, 0.2) is 23.3 Å². The third-order valence-corrected chi connectivity index (χ3v) is 4.54. The van der Waals surface area contributed by atoms with Crippen LogP contribution in [0.25, 0.3) is 0 Å². The molecule has 0 bridgehead atoms.